The fraction of sp³-hybridized carbons (Fsp3) is 0.368. The lowest BCUT2D eigenvalue weighted by Gasteiger charge is -2.30. The zero-order valence-corrected chi connectivity index (χ0v) is 14.4. The molecule has 0 fully saturated rings. The van der Waals surface area contributed by atoms with Crippen molar-refractivity contribution in [2.75, 3.05) is 27.3 Å². The molecule has 23 heavy (non-hydrogen) atoms. The van der Waals surface area contributed by atoms with Gasteiger partial charge in [0.1, 0.15) is 11.5 Å². The Bertz CT molecular complexity index is 670. The zero-order chi connectivity index (χ0) is 16.2. The van der Waals surface area contributed by atoms with Crippen molar-refractivity contribution in [3.05, 3.63) is 58.1 Å². The molecule has 0 radical (unpaired) electrons. The minimum Gasteiger partial charge on any atom is -0.497 e. The summed E-state index contributed by atoms with van der Waals surface area (Å²) in [6, 6.07) is 12.2. The molecule has 2 aromatic carbocycles. The number of methoxy groups -OCH3 is 2. The molecular weight excluding hydrogens is 310 g/mol. The number of hydrogen-bond acceptors (Lipinski definition) is 3. The number of fused-ring (bicyclic) bond motifs is 1. The second-order valence-corrected chi connectivity index (χ2v) is 6.31. The highest BCUT2D eigenvalue weighted by atomic mass is 35.5. The first-order chi connectivity index (χ1) is 11.2. The third-order valence-electron chi connectivity index (χ3n) is 4.43. The summed E-state index contributed by atoms with van der Waals surface area (Å²) in [5, 5.41) is 0.792. The van der Waals surface area contributed by atoms with Gasteiger partial charge in [0.15, 0.2) is 0 Å². The molecule has 3 nitrogen and oxygen atoms in total. The normalized spacial score (nSPS) is 14.4. The lowest BCUT2D eigenvalue weighted by atomic mass is 9.97. The summed E-state index contributed by atoms with van der Waals surface area (Å²) in [5.74, 6) is 1.80. The Morgan fingerprint density at radius 2 is 1.87 bits per heavy atom. The van der Waals surface area contributed by atoms with Crippen LogP contribution in [0.15, 0.2) is 36.4 Å². The van der Waals surface area contributed by atoms with Crippen LogP contribution in [0.4, 0.5) is 0 Å². The van der Waals surface area contributed by atoms with Crippen LogP contribution in [-0.2, 0) is 19.4 Å². The molecule has 0 amide bonds. The van der Waals surface area contributed by atoms with Crippen LogP contribution in [-0.4, -0.2) is 32.2 Å². The summed E-state index contributed by atoms with van der Waals surface area (Å²) < 4.78 is 10.9. The van der Waals surface area contributed by atoms with Gasteiger partial charge in [-0.3, -0.25) is 4.90 Å². The summed E-state index contributed by atoms with van der Waals surface area (Å²) in [5.41, 5.74) is 3.95. The van der Waals surface area contributed by atoms with Crippen molar-refractivity contribution in [1.29, 1.82) is 0 Å². The number of rotatable bonds is 5. The predicted molar refractivity (Wildman–Crippen MR) is 93.7 cm³/mol. The van der Waals surface area contributed by atoms with E-state index in [1.54, 1.807) is 14.2 Å². The average molecular weight is 332 g/mol. The lowest BCUT2D eigenvalue weighted by Crippen LogP contribution is -2.32. The number of hydrogen-bond donors (Lipinski definition) is 0. The first kappa shape index (κ1) is 16.2. The van der Waals surface area contributed by atoms with E-state index in [0.717, 1.165) is 49.0 Å². The molecule has 1 heterocycles. The van der Waals surface area contributed by atoms with E-state index >= 15 is 0 Å². The van der Waals surface area contributed by atoms with Crippen molar-refractivity contribution in [1.82, 2.24) is 4.90 Å². The Morgan fingerprint density at radius 3 is 2.57 bits per heavy atom. The Kier molecular flexibility index (Phi) is 5.09. The van der Waals surface area contributed by atoms with Crippen LogP contribution in [0.25, 0.3) is 0 Å². The standard InChI is InChI=1S/C19H22ClNO2/c1-22-17-11-15-13-21(10-8-18(15)19(12-17)23-2)9-7-14-3-5-16(20)6-4-14/h3-6,11-12H,7-10,13H2,1-2H3. The van der Waals surface area contributed by atoms with Gasteiger partial charge in [0.2, 0.25) is 0 Å². The van der Waals surface area contributed by atoms with Gasteiger partial charge in [-0.25, -0.2) is 0 Å². The SMILES string of the molecule is COc1cc2c(c(OC)c1)CCN(CCc1ccc(Cl)cc1)C2. The van der Waals surface area contributed by atoms with E-state index in [1.165, 1.54) is 16.7 Å². The molecule has 0 unspecified atom stereocenters. The van der Waals surface area contributed by atoms with Crippen LogP contribution in [0.2, 0.25) is 5.02 Å². The molecule has 0 aromatic heterocycles. The fourth-order valence-electron chi connectivity index (χ4n) is 3.12. The number of ether oxygens (including phenoxy) is 2. The van der Waals surface area contributed by atoms with Gasteiger partial charge < -0.3 is 9.47 Å². The maximum absolute atomic E-state index is 5.94. The van der Waals surface area contributed by atoms with Crippen molar-refractivity contribution in [2.45, 2.75) is 19.4 Å². The Balaban J connectivity index is 1.68. The molecule has 0 saturated carbocycles. The van der Waals surface area contributed by atoms with Gasteiger partial charge in [0.05, 0.1) is 14.2 Å². The van der Waals surface area contributed by atoms with Crippen LogP contribution in [0, 0.1) is 0 Å². The van der Waals surface area contributed by atoms with Gasteiger partial charge in [-0.05, 0) is 42.2 Å². The maximum atomic E-state index is 5.94. The minimum atomic E-state index is 0.792. The molecule has 1 aliphatic heterocycles. The van der Waals surface area contributed by atoms with Gasteiger partial charge in [0, 0.05) is 36.3 Å². The average Bonchev–Trinajstić information content (AvgIpc) is 2.59. The molecule has 1 aliphatic rings. The van der Waals surface area contributed by atoms with E-state index in [9.17, 15) is 0 Å². The summed E-state index contributed by atoms with van der Waals surface area (Å²) in [7, 11) is 3.42. The molecule has 122 valence electrons. The van der Waals surface area contributed by atoms with E-state index in [-0.39, 0.29) is 0 Å². The molecule has 0 N–H and O–H groups in total. The van der Waals surface area contributed by atoms with E-state index in [0.29, 0.717) is 0 Å². The van der Waals surface area contributed by atoms with E-state index in [4.69, 9.17) is 21.1 Å². The van der Waals surface area contributed by atoms with Crippen LogP contribution >= 0.6 is 11.6 Å². The molecule has 3 rings (SSSR count). The third kappa shape index (κ3) is 3.80. The molecule has 0 atom stereocenters. The highest BCUT2D eigenvalue weighted by Gasteiger charge is 2.20. The third-order valence-corrected chi connectivity index (χ3v) is 4.68. The largest absolute Gasteiger partial charge is 0.497 e. The van der Waals surface area contributed by atoms with Crippen molar-refractivity contribution in [3.8, 4) is 11.5 Å². The monoisotopic (exact) mass is 331 g/mol. The zero-order valence-electron chi connectivity index (χ0n) is 13.6. The Morgan fingerprint density at radius 1 is 1.09 bits per heavy atom. The van der Waals surface area contributed by atoms with Crippen molar-refractivity contribution in [2.24, 2.45) is 0 Å². The molecule has 4 heteroatoms. The molecular formula is C19H22ClNO2. The Labute approximate surface area is 142 Å². The van der Waals surface area contributed by atoms with E-state index in [2.05, 4.69) is 23.1 Å². The first-order valence-corrected chi connectivity index (χ1v) is 8.28. The predicted octanol–water partition coefficient (Wildman–Crippen LogP) is 3.96. The Hall–Kier alpha value is -1.71. The van der Waals surface area contributed by atoms with Crippen molar-refractivity contribution in [3.63, 3.8) is 0 Å². The highest BCUT2D eigenvalue weighted by molar-refractivity contribution is 6.30. The van der Waals surface area contributed by atoms with Crippen LogP contribution in [0.5, 0.6) is 11.5 Å². The number of halogens is 1. The van der Waals surface area contributed by atoms with E-state index < -0.39 is 0 Å². The lowest BCUT2D eigenvalue weighted by molar-refractivity contribution is 0.253. The quantitative estimate of drug-likeness (QED) is 0.827. The minimum absolute atomic E-state index is 0.792. The van der Waals surface area contributed by atoms with Gasteiger partial charge >= 0.3 is 0 Å². The summed E-state index contributed by atoms with van der Waals surface area (Å²) >= 11 is 5.94. The maximum Gasteiger partial charge on any atom is 0.126 e. The molecule has 0 bridgehead atoms. The second kappa shape index (κ2) is 7.24. The molecule has 0 spiro atoms. The summed E-state index contributed by atoms with van der Waals surface area (Å²) in [4.78, 5) is 2.48. The highest BCUT2D eigenvalue weighted by Crippen LogP contribution is 2.32. The van der Waals surface area contributed by atoms with Gasteiger partial charge in [-0.15, -0.1) is 0 Å². The second-order valence-electron chi connectivity index (χ2n) is 5.87. The summed E-state index contributed by atoms with van der Waals surface area (Å²) in [6.45, 7) is 3.04. The molecule has 2 aromatic rings. The number of nitrogens with zero attached hydrogens (tertiary/aromatic N) is 1. The van der Waals surface area contributed by atoms with Crippen LogP contribution in [0.3, 0.4) is 0 Å². The van der Waals surface area contributed by atoms with E-state index in [1.807, 2.05) is 18.2 Å². The molecule has 0 saturated heterocycles. The van der Waals surface area contributed by atoms with Gasteiger partial charge in [-0.2, -0.15) is 0 Å². The smallest absolute Gasteiger partial charge is 0.126 e. The molecule has 0 aliphatic carbocycles. The van der Waals surface area contributed by atoms with Crippen LogP contribution in [0.1, 0.15) is 16.7 Å². The number of benzene rings is 2. The fourth-order valence-corrected chi connectivity index (χ4v) is 3.24. The van der Waals surface area contributed by atoms with Gasteiger partial charge in [-0.1, -0.05) is 23.7 Å². The topological polar surface area (TPSA) is 21.7 Å². The van der Waals surface area contributed by atoms with Crippen molar-refractivity contribution >= 4 is 11.6 Å². The van der Waals surface area contributed by atoms with Crippen LogP contribution < -0.4 is 9.47 Å². The van der Waals surface area contributed by atoms with Gasteiger partial charge in [0.25, 0.3) is 0 Å². The summed E-state index contributed by atoms with van der Waals surface area (Å²) in [6.07, 6.45) is 2.05. The first-order valence-electron chi connectivity index (χ1n) is 7.90. The van der Waals surface area contributed by atoms with Crippen molar-refractivity contribution < 1.29 is 9.47 Å².